The van der Waals surface area contributed by atoms with Crippen LogP contribution in [0.5, 0.6) is 0 Å². The second-order valence-corrected chi connectivity index (χ2v) is 28.3. The zero-order chi connectivity index (χ0) is 11.8. The normalized spacial score (nSPS) is 20.4. The van der Waals surface area contributed by atoms with Gasteiger partial charge >= 0.3 is 0 Å². The lowest BCUT2D eigenvalue weighted by molar-refractivity contribution is 0.410. The van der Waals surface area contributed by atoms with Crippen LogP contribution < -0.4 is 0 Å². The highest BCUT2D eigenvalue weighted by molar-refractivity contribution is 7.41. The molecular formula is C10H28OSi3. The summed E-state index contributed by atoms with van der Waals surface area (Å²) in [6.45, 7) is 19.7. The van der Waals surface area contributed by atoms with Crippen molar-refractivity contribution in [3.8, 4) is 0 Å². The average molecular weight is 249 g/mol. The summed E-state index contributed by atoms with van der Waals surface area (Å²) in [5, 5.41) is 0.853. The second kappa shape index (κ2) is 4.23. The van der Waals surface area contributed by atoms with Gasteiger partial charge in [0, 0.05) is 15.2 Å². The van der Waals surface area contributed by atoms with E-state index in [1.807, 2.05) is 7.11 Å². The topological polar surface area (TPSA) is 9.23 Å². The lowest BCUT2D eigenvalue weighted by Crippen LogP contribution is -2.63. The molecule has 86 valence electrons. The molecule has 0 aromatic heterocycles. The minimum Gasteiger partial charge on any atom is -0.423 e. The molecule has 0 aliphatic heterocycles. The maximum atomic E-state index is 6.03. The van der Waals surface area contributed by atoms with E-state index in [2.05, 4.69) is 52.8 Å². The predicted molar refractivity (Wildman–Crippen MR) is 74.7 cm³/mol. The van der Waals surface area contributed by atoms with E-state index in [0.29, 0.717) is 0 Å². The SMILES string of the molecule is CO[Si@](C)([C@@H](C)[Si](C)(C)C)[Si](C)(C)C. The van der Waals surface area contributed by atoms with Gasteiger partial charge in [-0.1, -0.05) is 46.2 Å². The Morgan fingerprint density at radius 1 is 0.857 bits per heavy atom. The van der Waals surface area contributed by atoms with Crippen LogP contribution in [0.15, 0.2) is 0 Å². The van der Waals surface area contributed by atoms with Gasteiger partial charge < -0.3 is 4.43 Å². The molecule has 0 saturated carbocycles. The summed E-state index contributed by atoms with van der Waals surface area (Å²) in [5.74, 6) is 0. The number of hydrogen-bond acceptors (Lipinski definition) is 1. The van der Waals surface area contributed by atoms with Crippen LogP contribution in [0.25, 0.3) is 0 Å². The zero-order valence-corrected chi connectivity index (χ0v) is 14.5. The van der Waals surface area contributed by atoms with Crippen LogP contribution in [0.4, 0.5) is 0 Å². The number of rotatable bonds is 4. The van der Waals surface area contributed by atoms with E-state index < -0.39 is 23.5 Å². The van der Waals surface area contributed by atoms with E-state index in [9.17, 15) is 0 Å². The predicted octanol–water partition coefficient (Wildman–Crippen LogP) is 3.89. The fourth-order valence-corrected chi connectivity index (χ4v) is 24.7. The molecule has 0 heterocycles. The fraction of sp³-hybridized carbons (Fsp3) is 1.00. The minimum absolute atomic E-state index is 0.853. The third kappa shape index (κ3) is 2.81. The molecule has 14 heavy (non-hydrogen) atoms. The molecule has 0 radical (unpaired) electrons. The molecule has 4 heteroatoms. The Labute approximate surface area is 93.2 Å². The van der Waals surface area contributed by atoms with Crippen LogP contribution in [0.1, 0.15) is 6.92 Å². The third-order valence-corrected chi connectivity index (χ3v) is 28.1. The largest absolute Gasteiger partial charge is 0.423 e. The van der Waals surface area contributed by atoms with Crippen molar-refractivity contribution < 1.29 is 4.43 Å². The first-order valence-corrected chi connectivity index (χ1v) is 16.1. The van der Waals surface area contributed by atoms with E-state index in [1.54, 1.807) is 0 Å². The van der Waals surface area contributed by atoms with Gasteiger partial charge in [-0.25, -0.2) is 0 Å². The van der Waals surface area contributed by atoms with Crippen LogP contribution in [-0.2, 0) is 4.43 Å². The Hall–Kier alpha value is 0.611. The number of hydrogen-bond donors (Lipinski definition) is 0. The Morgan fingerprint density at radius 3 is 1.29 bits per heavy atom. The van der Waals surface area contributed by atoms with E-state index >= 15 is 0 Å². The van der Waals surface area contributed by atoms with Gasteiger partial charge in [-0.15, -0.1) is 0 Å². The van der Waals surface area contributed by atoms with Crippen molar-refractivity contribution in [3.05, 3.63) is 0 Å². The van der Waals surface area contributed by atoms with Gasteiger partial charge in [0.05, 0.1) is 7.59 Å². The van der Waals surface area contributed by atoms with Crippen LogP contribution >= 0.6 is 0 Å². The lowest BCUT2D eigenvalue weighted by Gasteiger charge is -2.46. The summed E-state index contributed by atoms with van der Waals surface area (Å²) >= 11 is 0. The van der Waals surface area contributed by atoms with Crippen LogP contribution in [0.3, 0.4) is 0 Å². The lowest BCUT2D eigenvalue weighted by atomic mass is 10.9. The monoisotopic (exact) mass is 248 g/mol. The van der Waals surface area contributed by atoms with Gasteiger partial charge in [-0.2, -0.15) is 0 Å². The van der Waals surface area contributed by atoms with Crippen LogP contribution in [-0.4, -0.2) is 30.6 Å². The van der Waals surface area contributed by atoms with Gasteiger partial charge in [-0.05, 0) is 11.7 Å². The Morgan fingerprint density at radius 2 is 1.21 bits per heavy atom. The quantitative estimate of drug-likeness (QED) is 0.686. The maximum absolute atomic E-state index is 6.03. The molecule has 0 spiro atoms. The summed E-state index contributed by atoms with van der Waals surface area (Å²) in [6, 6.07) is 0. The Balaban J connectivity index is 5.07. The second-order valence-electron chi connectivity index (χ2n) is 6.65. The van der Waals surface area contributed by atoms with Crippen molar-refractivity contribution in [1.82, 2.24) is 0 Å². The molecule has 0 amide bonds. The molecular weight excluding hydrogens is 220 g/mol. The van der Waals surface area contributed by atoms with Crippen molar-refractivity contribution in [2.24, 2.45) is 0 Å². The van der Waals surface area contributed by atoms with Gasteiger partial charge in [-0.3, -0.25) is 0 Å². The minimum atomic E-state index is -1.46. The first-order chi connectivity index (χ1) is 5.97. The smallest absolute Gasteiger partial charge is 0.176 e. The average Bonchev–Trinajstić information content (AvgIpc) is 1.97. The first-order valence-electron chi connectivity index (χ1n) is 5.52. The molecule has 0 aliphatic carbocycles. The Kier molecular flexibility index (Phi) is 4.42. The zero-order valence-electron chi connectivity index (χ0n) is 11.5. The summed E-state index contributed by atoms with van der Waals surface area (Å²) < 4.78 is 6.03. The maximum Gasteiger partial charge on any atom is 0.176 e. The van der Waals surface area contributed by atoms with E-state index in [1.165, 1.54) is 0 Å². The standard InChI is InChI=1S/C10H28OSi3/c1-10(12(3,4)5)14(9,11-2)13(6,7)8/h10H,1-9H3/t10-,14-/m0/s1. The molecule has 0 N–H and O–H groups in total. The molecule has 0 rings (SSSR count). The van der Waals surface area contributed by atoms with Crippen LogP contribution in [0, 0.1) is 0 Å². The molecule has 0 aromatic rings. The van der Waals surface area contributed by atoms with Gasteiger partial charge in [0.1, 0.15) is 0 Å². The molecule has 0 aromatic carbocycles. The van der Waals surface area contributed by atoms with E-state index in [0.717, 1.165) is 5.16 Å². The molecule has 1 nitrogen and oxygen atoms in total. The molecule has 2 atom stereocenters. The van der Waals surface area contributed by atoms with Crippen molar-refractivity contribution in [2.75, 3.05) is 7.11 Å². The molecule has 0 unspecified atom stereocenters. The van der Waals surface area contributed by atoms with Crippen molar-refractivity contribution in [1.29, 1.82) is 0 Å². The van der Waals surface area contributed by atoms with Crippen molar-refractivity contribution >= 4 is 23.5 Å². The molecule has 0 bridgehead atoms. The molecule has 0 aliphatic rings. The van der Waals surface area contributed by atoms with E-state index in [-0.39, 0.29) is 0 Å². The van der Waals surface area contributed by atoms with Gasteiger partial charge in [0.15, 0.2) is 7.83 Å². The summed E-state index contributed by atoms with van der Waals surface area (Å²) in [4.78, 5) is 0. The first kappa shape index (κ1) is 14.6. The highest BCUT2D eigenvalue weighted by atomic mass is 29.3. The van der Waals surface area contributed by atoms with Crippen molar-refractivity contribution in [3.63, 3.8) is 0 Å². The summed E-state index contributed by atoms with van der Waals surface area (Å²) in [6.07, 6.45) is 0. The highest BCUT2D eigenvalue weighted by Crippen LogP contribution is 2.37. The van der Waals surface area contributed by atoms with Gasteiger partial charge in [0.2, 0.25) is 0 Å². The summed E-state index contributed by atoms with van der Waals surface area (Å²) in [5.41, 5.74) is 0. The van der Waals surface area contributed by atoms with E-state index in [4.69, 9.17) is 4.43 Å². The summed E-state index contributed by atoms with van der Waals surface area (Å²) in [7, 11) is -1.71. The van der Waals surface area contributed by atoms with Crippen LogP contribution in [0.2, 0.25) is 51.0 Å². The fourth-order valence-electron chi connectivity index (χ4n) is 1.96. The molecule has 0 fully saturated rings. The molecule has 0 saturated heterocycles. The van der Waals surface area contributed by atoms with Crippen molar-refractivity contribution in [2.45, 2.75) is 57.9 Å². The van der Waals surface area contributed by atoms with Gasteiger partial charge in [0.25, 0.3) is 0 Å². The Bertz CT molecular complexity index is 193. The third-order valence-electron chi connectivity index (χ3n) is 4.04. The highest BCUT2D eigenvalue weighted by Gasteiger charge is 2.50.